The zero-order valence-corrected chi connectivity index (χ0v) is 11.6. The molecule has 21 heavy (non-hydrogen) atoms. The van der Waals surface area contributed by atoms with Gasteiger partial charge in [-0.25, -0.2) is 5.43 Å². The molecule has 0 aliphatic heterocycles. The zero-order chi connectivity index (χ0) is 14.8. The molecular formula is C15H16N4O2. The van der Waals surface area contributed by atoms with Crippen molar-refractivity contribution in [2.75, 3.05) is 0 Å². The Morgan fingerprint density at radius 2 is 2.10 bits per heavy atom. The molecule has 0 saturated heterocycles. The second-order valence-electron chi connectivity index (χ2n) is 5.17. The molecule has 1 saturated carbocycles. The van der Waals surface area contributed by atoms with Gasteiger partial charge in [-0.2, -0.15) is 10.2 Å². The highest BCUT2D eigenvalue weighted by molar-refractivity contribution is 6.00. The average molecular weight is 284 g/mol. The van der Waals surface area contributed by atoms with E-state index in [2.05, 4.69) is 20.7 Å². The van der Waals surface area contributed by atoms with Crippen LogP contribution in [-0.2, 0) is 0 Å². The van der Waals surface area contributed by atoms with Gasteiger partial charge in [0.1, 0.15) is 5.75 Å². The number of nitrogens with zero attached hydrogens (tertiary/aromatic N) is 2. The Bertz CT molecular complexity index is 684. The standard InChI is InChI=1S/C15H16N4O2/c1-9(10-4-6-12(20)7-5-10)16-19-15(21)14-8-13(17-18-14)11-2-3-11/h4-8,11,20H,2-3H2,1H3,(H,17,18)(H,19,21)/b16-9+. The summed E-state index contributed by atoms with van der Waals surface area (Å²) in [5, 5.41) is 20.2. The Morgan fingerprint density at radius 3 is 2.76 bits per heavy atom. The maximum absolute atomic E-state index is 12.0. The molecule has 1 amide bonds. The van der Waals surface area contributed by atoms with Gasteiger partial charge in [-0.15, -0.1) is 0 Å². The molecule has 3 rings (SSSR count). The summed E-state index contributed by atoms with van der Waals surface area (Å²) in [4.78, 5) is 12.0. The number of aromatic nitrogens is 2. The van der Waals surface area contributed by atoms with Crippen LogP contribution in [0.15, 0.2) is 35.4 Å². The van der Waals surface area contributed by atoms with Crippen LogP contribution in [0.1, 0.15) is 47.4 Å². The van der Waals surface area contributed by atoms with Crippen molar-refractivity contribution >= 4 is 11.6 Å². The number of carbonyl (C=O) groups excluding carboxylic acids is 1. The molecule has 3 N–H and O–H groups in total. The fourth-order valence-electron chi connectivity index (χ4n) is 2.02. The highest BCUT2D eigenvalue weighted by Crippen LogP contribution is 2.38. The third-order valence-corrected chi connectivity index (χ3v) is 3.46. The van der Waals surface area contributed by atoms with Gasteiger partial charge >= 0.3 is 0 Å². The minimum Gasteiger partial charge on any atom is -0.508 e. The van der Waals surface area contributed by atoms with Crippen molar-refractivity contribution in [2.45, 2.75) is 25.7 Å². The molecule has 0 unspecified atom stereocenters. The maximum atomic E-state index is 12.0. The Hall–Kier alpha value is -2.63. The number of phenolic OH excluding ortho intramolecular Hbond substituents is 1. The van der Waals surface area contributed by atoms with E-state index in [1.807, 2.05) is 0 Å². The van der Waals surface area contributed by atoms with Crippen molar-refractivity contribution in [2.24, 2.45) is 5.10 Å². The van der Waals surface area contributed by atoms with Gasteiger partial charge in [0, 0.05) is 11.6 Å². The number of hydrazone groups is 1. The van der Waals surface area contributed by atoms with Crippen LogP contribution < -0.4 is 5.43 Å². The van der Waals surface area contributed by atoms with Gasteiger partial charge < -0.3 is 5.11 Å². The number of carbonyl (C=O) groups is 1. The lowest BCUT2D eigenvalue weighted by molar-refractivity contribution is 0.0950. The predicted octanol–water partition coefficient (Wildman–Crippen LogP) is 2.15. The van der Waals surface area contributed by atoms with Crippen LogP contribution >= 0.6 is 0 Å². The molecular weight excluding hydrogens is 268 g/mol. The molecule has 0 radical (unpaired) electrons. The lowest BCUT2D eigenvalue weighted by Crippen LogP contribution is -2.19. The van der Waals surface area contributed by atoms with Crippen molar-refractivity contribution < 1.29 is 9.90 Å². The van der Waals surface area contributed by atoms with E-state index in [-0.39, 0.29) is 11.7 Å². The topological polar surface area (TPSA) is 90.4 Å². The molecule has 0 atom stereocenters. The second-order valence-corrected chi connectivity index (χ2v) is 5.17. The number of rotatable bonds is 4. The van der Waals surface area contributed by atoms with Crippen LogP contribution in [-0.4, -0.2) is 26.9 Å². The first kappa shape index (κ1) is 13.4. The normalized spacial score (nSPS) is 15.0. The quantitative estimate of drug-likeness (QED) is 0.593. The first-order valence-electron chi connectivity index (χ1n) is 6.83. The maximum Gasteiger partial charge on any atom is 0.291 e. The van der Waals surface area contributed by atoms with E-state index in [1.54, 1.807) is 37.3 Å². The van der Waals surface area contributed by atoms with E-state index < -0.39 is 0 Å². The number of hydrogen-bond acceptors (Lipinski definition) is 4. The van der Waals surface area contributed by atoms with Gasteiger partial charge in [0.15, 0.2) is 5.69 Å². The van der Waals surface area contributed by atoms with Crippen LogP contribution in [0, 0.1) is 0 Å². The average Bonchev–Trinajstić information content (AvgIpc) is 3.22. The first-order chi connectivity index (χ1) is 10.1. The molecule has 6 nitrogen and oxygen atoms in total. The van der Waals surface area contributed by atoms with Gasteiger partial charge in [0.25, 0.3) is 5.91 Å². The van der Waals surface area contributed by atoms with Crippen LogP contribution in [0.4, 0.5) is 0 Å². The number of aromatic hydroxyl groups is 1. The summed E-state index contributed by atoms with van der Waals surface area (Å²) >= 11 is 0. The van der Waals surface area contributed by atoms with Crippen LogP contribution in [0.25, 0.3) is 0 Å². The number of amides is 1. The van der Waals surface area contributed by atoms with Gasteiger partial charge in [-0.3, -0.25) is 9.89 Å². The first-order valence-corrected chi connectivity index (χ1v) is 6.83. The van der Waals surface area contributed by atoms with E-state index in [9.17, 15) is 9.90 Å². The molecule has 0 bridgehead atoms. The molecule has 1 aromatic heterocycles. The Labute approximate surface area is 121 Å². The van der Waals surface area contributed by atoms with Crippen LogP contribution in [0.2, 0.25) is 0 Å². The summed E-state index contributed by atoms with van der Waals surface area (Å²) in [6.45, 7) is 1.78. The second kappa shape index (κ2) is 5.40. The molecule has 1 fully saturated rings. The third kappa shape index (κ3) is 3.10. The zero-order valence-electron chi connectivity index (χ0n) is 11.6. The Balaban J connectivity index is 1.65. The molecule has 6 heteroatoms. The van der Waals surface area contributed by atoms with E-state index in [0.29, 0.717) is 17.3 Å². The SMILES string of the molecule is C/C(=N\NC(=O)c1cc(C2CC2)[nH]n1)c1ccc(O)cc1. The number of aromatic amines is 1. The van der Waals surface area contributed by atoms with Crippen LogP contribution in [0.5, 0.6) is 5.75 Å². The number of hydrogen-bond donors (Lipinski definition) is 3. The highest BCUT2D eigenvalue weighted by Gasteiger charge is 2.26. The molecule has 0 spiro atoms. The largest absolute Gasteiger partial charge is 0.508 e. The van der Waals surface area contributed by atoms with Crippen molar-refractivity contribution in [3.8, 4) is 5.75 Å². The van der Waals surface area contributed by atoms with Crippen molar-refractivity contribution in [3.63, 3.8) is 0 Å². The summed E-state index contributed by atoms with van der Waals surface area (Å²) < 4.78 is 0. The lowest BCUT2D eigenvalue weighted by Gasteiger charge is -2.01. The fraction of sp³-hybridized carbons (Fsp3) is 0.267. The summed E-state index contributed by atoms with van der Waals surface area (Å²) in [5.41, 5.74) is 5.33. The minimum atomic E-state index is -0.337. The molecule has 2 aromatic rings. The van der Waals surface area contributed by atoms with E-state index in [1.165, 1.54) is 0 Å². The van der Waals surface area contributed by atoms with Gasteiger partial charge in [0.2, 0.25) is 0 Å². The molecule has 1 heterocycles. The van der Waals surface area contributed by atoms with Gasteiger partial charge in [-0.1, -0.05) is 0 Å². The summed E-state index contributed by atoms with van der Waals surface area (Å²) in [7, 11) is 0. The highest BCUT2D eigenvalue weighted by atomic mass is 16.3. The number of nitrogens with one attached hydrogen (secondary N) is 2. The van der Waals surface area contributed by atoms with E-state index in [0.717, 1.165) is 24.1 Å². The Morgan fingerprint density at radius 1 is 1.38 bits per heavy atom. The fourth-order valence-corrected chi connectivity index (χ4v) is 2.02. The monoisotopic (exact) mass is 284 g/mol. The lowest BCUT2D eigenvalue weighted by atomic mass is 10.1. The number of benzene rings is 1. The molecule has 1 aromatic carbocycles. The third-order valence-electron chi connectivity index (χ3n) is 3.46. The van der Waals surface area contributed by atoms with Crippen molar-refractivity contribution in [1.29, 1.82) is 0 Å². The summed E-state index contributed by atoms with van der Waals surface area (Å²) in [5.74, 6) is 0.386. The van der Waals surface area contributed by atoms with E-state index in [4.69, 9.17) is 0 Å². The van der Waals surface area contributed by atoms with Crippen LogP contribution in [0.3, 0.4) is 0 Å². The summed E-state index contributed by atoms with van der Waals surface area (Å²) in [6.07, 6.45) is 2.31. The van der Waals surface area contributed by atoms with Crippen molar-refractivity contribution in [3.05, 3.63) is 47.3 Å². The minimum absolute atomic E-state index is 0.194. The Kier molecular flexibility index (Phi) is 3.43. The molecule has 1 aliphatic carbocycles. The van der Waals surface area contributed by atoms with Crippen molar-refractivity contribution in [1.82, 2.24) is 15.6 Å². The van der Waals surface area contributed by atoms with E-state index >= 15 is 0 Å². The predicted molar refractivity (Wildman–Crippen MR) is 78.3 cm³/mol. The molecule has 108 valence electrons. The number of H-pyrrole nitrogens is 1. The summed E-state index contributed by atoms with van der Waals surface area (Å²) in [6, 6.07) is 8.40. The smallest absolute Gasteiger partial charge is 0.291 e. The van der Waals surface area contributed by atoms with Gasteiger partial charge in [0.05, 0.1) is 5.71 Å². The molecule has 1 aliphatic rings. The van der Waals surface area contributed by atoms with Gasteiger partial charge in [-0.05, 0) is 55.7 Å². The number of phenols is 1.